The number of nitrogens with two attached hydrogens (primary N) is 1. The van der Waals surface area contributed by atoms with E-state index in [-0.39, 0.29) is 30.2 Å². The van der Waals surface area contributed by atoms with Gasteiger partial charge >= 0.3 is 0 Å². The van der Waals surface area contributed by atoms with Gasteiger partial charge in [0.25, 0.3) is 5.91 Å². The number of amides is 1. The van der Waals surface area contributed by atoms with E-state index in [1.54, 1.807) is 35.2 Å². The number of hydrogen-bond donors (Lipinski definition) is 1. The maximum absolute atomic E-state index is 13.9. The summed E-state index contributed by atoms with van der Waals surface area (Å²) in [5.74, 6) is -0.301. The smallest absolute Gasteiger partial charge is 0.254 e. The molecule has 0 heterocycles. The highest BCUT2D eigenvalue weighted by Gasteiger charge is 2.30. The Bertz CT molecular complexity index is 686. The van der Waals surface area contributed by atoms with Gasteiger partial charge in [-0.1, -0.05) is 30.3 Å². The summed E-state index contributed by atoms with van der Waals surface area (Å²) in [6, 6.07) is 14.2. The van der Waals surface area contributed by atoms with Crippen molar-refractivity contribution in [2.24, 2.45) is 5.73 Å². The number of halogens is 2. The zero-order chi connectivity index (χ0) is 16.2. The highest BCUT2D eigenvalue weighted by Crippen LogP contribution is 2.28. The van der Waals surface area contributed by atoms with E-state index in [0.29, 0.717) is 24.2 Å². The van der Waals surface area contributed by atoms with Gasteiger partial charge in [0.2, 0.25) is 0 Å². The first-order valence-corrected chi connectivity index (χ1v) is 8.02. The molecular weight excluding hydrogens is 327 g/mol. The van der Waals surface area contributed by atoms with Crippen molar-refractivity contribution < 1.29 is 9.18 Å². The predicted octanol–water partition coefficient (Wildman–Crippen LogP) is 3.90. The van der Waals surface area contributed by atoms with Crippen LogP contribution in [0.15, 0.2) is 48.5 Å². The monoisotopic (exact) mass is 348 g/mol. The lowest BCUT2D eigenvalue weighted by Crippen LogP contribution is -2.43. The quantitative estimate of drug-likeness (QED) is 0.890. The number of hydrogen-bond acceptors (Lipinski definition) is 2. The lowest BCUT2D eigenvalue weighted by molar-refractivity contribution is 0.0554. The fourth-order valence-corrected chi connectivity index (χ4v) is 2.82. The van der Waals surface area contributed by atoms with Gasteiger partial charge in [0, 0.05) is 30.3 Å². The van der Waals surface area contributed by atoms with E-state index in [0.717, 1.165) is 24.8 Å². The Kier molecular flexibility index (Phi) is 6.35. The fraction of sp³-hybridized carbons (Fsp3) is 0.316. The van der Waals surface area contributed by atoms with Gasteiger partial charge in [-0.05, 0) is 43.0 Å². The number of carbonyl (C=O) groups is 1. The van der Waals surface area contributed by atoms with Crippen molar-refractivity contribution in [3.63, 3.8) is 0 Å². The van der Waals surface area contributed by atoms with Gasteiger partial charge in [-0.2, -0.15) is 0 Å². The van der Waals surface area contributed by atoms with Crippen LogP contribution >= 0.6 is 12.4 Å². The van der Waals surface area contributed by atoms with Gasteiger partial charge in [-0.25, -0.2) is 4.39 Å². The molecular formula is C19H22ClFN2O. The summed E-state index contributed by atoms with van der Waals surface area (Å²) in [7, 11) is 0. The van der Waals surface area contributed by atoms with Gasteiger partial charge in [0.15, 0.2) is 0 Å². The van der Waals surface area contributed by atoms with Crippen molar-refractivity contribution in [3.8, 4) is 0 Å². The van der Waals surface area contributed by atoms with Crippen LogP contribution in [0.4, 0.5) is 4.39 Å². The molecule has 0 aromatic heterocycles. The van der Waals surface area contributed by atoms with Crippen molar-refractivity contribution in [1.82, 2.24) is 4.90 Å². The molecule has 5 heteroatoms. The van der Waals surface area contributed by atoms with Crippen LogP contribution in [0.25, 0.3) is 0 Å². The minimum atomic E-state index is -0.261. The Morgan fingerprint density at radius 3 is 2.33 bits per heavy atom. The third kappa shape index (κ3) is 3.94. The zero-order valence-electron chi connectivity index (χ0n) is 13.5. The molecule has 2 aromatic rings. The van der Waals surface area contributed by atoms with E-state index in [2.05, 4.69) is 0 Å². The van der Waals surface area contributed by atoms with Crippen LogP contribution < -0.4 is 5.73 Å². The highest BCUT2D eigenvalue weighted by molar-refractivity contribution is 5.94. The van der Waals surface area contributed by atoms with Gasteiger partial charge in [0.1, 0.15) is 5.82 Å². The highest BCUT2D eigenvalue weighted by atomic mass is 35.5. The average molecular weight is 349 g/mol. The van der Waals surface area contributed by atoms with E-state index in [1.807, 2.05) is 12.1 Å². The standard InChI is InChI=1S/C19H21FN2O.ClH/c20-18-7-2-1-4-16(18)13-22(17-5-3-6-17)19(23)15-10-8-14(12-21)9-11-15;/h1-2,4,7-11,17H,3,5-6,12-13,21H2;1H. The van der Waals surface area contributed by atoms with E-state index < -0.39 is 0 Å². The molecule has 128 valence electrons. The second kappa shape index (κ2) is 8.27. The molecule has 1 aliphatic rings. The van der Waals surface area contributed by atoms with E-state index in [4.69, 9.17) is 5.73 Å². The Balaban J connectivity index is 0.00000208. The molecule has 2 N–H and O–H groups in total. The molecule has 0 aliphatic heterocycles. The van der Waals surface area contributed by atoms with Crippen molar-refractivity contribution in [2.75, 3.05) is 0 Å². The number of carbonyl (C=O) groups excluding carboxylic acids is 1. The summed E-state index contributed by atoms with van der Waals surface area (Å²) >= 11 is 0. The predicted molar refractivity (Wildman–Crippen MR) is 95.5 cm³/mol. The summed E-state index contributed by atoms with van der Waals surface area (Å²) < 4.78 is 13.9. The zero-order valence-corrected chi connectivity index (χ0v) is 14.3. The van der Waals surface area contributed by atoms with Crippen molar-refractivity contribution in [2.45, 2.75) is 38.4 Å². The Morgan fingerprint density at radius 1 is 1.12 bits per heavy atom. The first-order chi connectivity index (χ1) is 11.2. The topological polar surface area (TPSA) is 46.3 Å². The average Bonchev–Trinajstić information content (AvgIpc) is 2.54. The molecule has 0 bridgehead atoms. The van der Waals surface area contributed by atoms with Crippen LogP contribution in [0.2, 0.25) is 0 Å². The normalized spacial score (nSPS) is 13.8. The molecule has 0 unspecified atom stereocenters. The van der Waals surface area contributed by atoms with Crippen LogP contribution in [0.3, 0.4) is 0 Å². The van der Waals surface area contributed by atoms with Crippen LogP contribution in [-0.2, 0) is 13.1 Å². The van der Waals surface area contributed by atoms with Gasteiger partial charge in [0.05, 0.1) is 0 Å². The first kappa shape index (κ1) is 18.4. The number of benzene rings is 2. The van der Waals surface area contributed by atoms with Crippen LogP contribution in [0, 0.1) is 5.82 Å². The second-order valence-electron chi connectivity index (χ2n) is 6.01. The molecule has 0 radical (unpaired) electrons. The van der Waals surface area contributed by atoms with Gasteiger partial charge in [-0.15, -0.1) is 12.4 Å². The molecule has 3 nitrogen and oxygen atoms in total. The minimum absolute atomic E-state index is 0. The molecule has 0 spiro atoms. The Labute approximate surface area is 148 Å². The summed E-state index contributed by atoms with van der Waals surface area (Å²) in [5.41, 5.74) is 7.78. The number of rotatable bonds is 5. The summed E-state index contributed by atoms with van der Waals surface area (Å²) in [6.45, 7) is 0.769. The molecule has 24 heavy (non-hydrogen) atoms. The molecule has 0 saturated heterocycles. The Morgan fingerprint density at radius 2 is 1.79 bits per heavy atom. The van der Waals surface area contributed by atoms with Crippen LogP contribution in [0.5, 0.6) is 0 Å². The first-order valence-electron chi connectivity index (χ1n) is 8.02. The second-order valence-corrected chi connectivity index (χ2v) is 6.01. The molecule has 1 saturated carbocycles. The lowest BCUT2D eigenvalue weighted by atomic mass is 9.90. The van der Waals surface area contributed by atoms with Crippen molar-refractivity contribution in [3.05, 3.63) is 71.0 Å². The van der Waals surface area contributed by atoms with E-state index in [9.17, 15) is 9.18 Å². The SMILES string of the molecule is Cl.NCc1ccc(C(=O)N(Cc2ccccc2F)C2CCC2)cc1. The van der Waals surface area contributed by atoms with E-state index >= 15 is 0 Å². The maximum Gasteiger partial charge on any atom is 0.254 e. The maximum atomic E-state index is 13.9. The lowest BCUT2D eigenvalue weighted by Gasteiger charge is -2.38. The molecule has 0 atom stereocenters. The fourth-order valence-electron chi connectivity index (χ4n) is 2.82. The summed E-state index contributed by atoms with van der Waals surface area (Å²) in [4.78, 5) is 14.7. The molecule has 2 aromatic carbocycles. The molecule has 1 aliphatic carbocycles. The van der Waals surface area contributed by atoms with Crippen LogP contribution in [-0.4, -0.2) is 16.8 Å². The number of nitrogens with zero attached hydrogens (tertiary/aromatic N) is 1. The van der Waals surface area contributed by atoms with Crippen molar-refractivity contribution >= 4 is 18.3 Å². The van der Waals surface area contributed by atoms with Crippen LogP contribution in [0.1, 0.15) is 40.7 Å². The van der Waals surface area contributed by atoms with Gasteiger partial charge in [-0.3, -0.25) is 4.79 Å². The molecule has 1 amide bonds. The Hall–Kier alpha value is -1.91. The summed E-state index contributed by atoms with van der Waals surface area (Å²) in [6.07, 6.45) is 3.10. The molecule has 3 rings (SSSR count). The van der Waals surface area contributed by atoms with Gasteiger partial charge < -0.3 is 10.6 Å². The van der Waals surface area contributed by atoms with Crippen molar-refractivity contribution in [1.29, 1.82) is 0 Å². The third-order valence-corrected chi connectivity index (χ3v) is 4.51. The molecule has 1 fully saturated rings. The summed E-state index contributed by atoms with van der Waals surface area (Å²) in [5, 5.41) is 0. The largest absolute Gasteiger partial charge is 0.331 e. The third-order valence-electron chi connectivity index (χ3n) is 4.51. The van der Waals surface area contributed by atoms with E-state index in [1.165, 1.54) is 6.07 Å². The minimum Gasteiger partial charge on any atom is -0.331 e.